The lowest BCUT2D eigenvalue weighted by Crippen LogP contribution is -2.44. The van der Waals surface area contributed by atoms with Crippen LogP contribution in [0.4, 0.5) is 0 Å². The second-order valence-corrected chi connectivity index (χ2v) is 6.24. The SMILES string of the molecule is Cn1ncc2c1C=COC21CCN(Cc2ccccc2)CC1. The molecule has 0 atom stereocenters. The van der Waals surface area contributed by atoms with Gasteiger partial charge in [0.2, 0.25) is 0 Å². The number of aromatic nitrogens is 2. The molecule has 1 aromatic carbocycles. The summed E-state index contributed by atoms with van der Waals surface area (Å²) in [5, 5.41) is 4.41. The third-order valence-corrected chi connectivity index (χ3v) is 4.91. The fraction of sp³-hybridized carbons (Fsp3) is 0.389. The summed E-state index contributed by atoms with van der Waals surface area (Å²) in [7, 11) is 1.99. The zero-order valence-corrected chi connectivity index (χ0v) is 12.9. The molecule has 114 valence electrons. The lowest BCUT2D eigenvalue weighted by Gasteiger charge is -2.42. The Kier molecular flexibility index (Phi) is 3.26. The molecule has 22 heavy (non-hydrogen) atoms. The third-order valence-electron chi connectivity index (χ3n) is 4.91. The Hall–Kier alpha value is -2.07. The molecule has 2 aliphatic heterocycles. The molecule has 0 saturated carbocycles. The molecule has 1 fully saturated rings. The van der Waals surface area contributed by atoms with Crippen molar-refractivity contribution in [1.29, 1.82) is 0 Å². The van der Waals surface area contributed by atoms with Crippen LogP contribution in [0, 0.1) is 0 Å². The third kappa shape index (κ3) is 2.24. The maximum atomic E-state index is 6.08. The van der Waals surface area contributed by atoms with E-state index in [0.717, 1.165) is 32.5 Å². The highest BCUT2D eigenvalue weighted by Crippen LogP contribution is 2.41. The van der Waals surface area contributed by atoms with Crippen LogP contribution in [0.15, 0.2) is 42.8 Å². The van der Waals surface area contributed by atoms with Crippen molar-refractivity contribution >= 4 is 6.08 Å². The van der Waals surface area contributed by atoms with E-state index in [4.69, 9.17) is 4.74 Å². The van der Waals surface area contributed by atoms with Crippen molar-refractivity contribution in [2.45, 2.75) is 25.0 Å². The monoisotopic (exact) mass is 295 g/mol. The van der Waals surface area contributed by atoms with E-state index in [2.05, 4.69) is 40.3 Å². The van der Waals surface area contributed by atoms with E-state index in [0.29, 0.717) is 0 Å². The van der Waals surface area contributed by atoms with E-state index < -0.39 is 0 Å². The Morgan fingerprint density at radius 3 is 2.73 bits per heavy atom. The van der Waals surface area contributed by atoms with Crippen LogP contribution in [-0.2, 0) is 23.9 Å². The number of ether oxygens (including phenoxy) is 1. The zero-order chi connectivity index (χ0) is 15.0. The molecule has 0 bridgehead atoms. The minimum absolute atomic E-state index is 0.175. The highest BCUT2D eigenvalue weighted by Gasteiger charge is 2.41. The van der Waals surface area contributed by atoms with Crippen molar-refractivity contribution in [3.63, 3.8) is 0 Å². The summed E-state index contributed by atoms with van der Waals surface area (Å²) in [5.74, 6) is 0. The molecule has 1 saturated heterocycles. The first kappa shape index (κ1) is 13.6. The van der Waals surface area contributed by atoms with Gasteiger partial charge < -0.3 is 4.74 Å². The Bertz CT molecular complexity index is 682. The van der Waals surface area contributed by atoms with Gasteiger partial charge in [0.1, 0.15) is 5.60 Å². The molecular weight excluding hydrogens is 274 g/mol. The van der Waals surface area contributed by atoms with E-state index in [1.807, 2.05) is 30.3 Å². The quantitative estimate of drug-likeness (QED) is 0.853. The van der Waals surface area contributed by atoms with Crippen LogP contribution >= 0.6 is 0 Å². The number of piperidine rings is 1. The van der Waals surface area contributed by atoms with Crippen molar-refractivity contribution in [3.05, 3.63) is 59.6 Å². The summed E-state index contributed by atoms with van der Waals surface area (Å²) < 4.78 is 8.02. The number of nitrogens with zero attached hydrogens (tertiary/aromatic N) is 3. The van der Waals surface area contributed by atoms with Gasteiger partial charge in [-0.15, -0.1) is 0 Å². The Morgan fingerprint density at radius 2 is 1.95 bits per heavy atom. The number of hydrogen-bond donors (Lipinski definition) is 0. The number of hydrogen-bond acceptors (Lipinski definition) is 3. The second-order valence-electron chi connectivity index (χ2n) is 6.24. The molecule has 0 aliphatic carbocycles. The van der Waals surface area contributed by atoms with E-state index >= 15 is 0 Å². The maximum Gasteiger partial charge on any atom is 0.139 e. The summed E-state index contributed by atoms with van der Waals surface area (Å²) in [6.07, 6.45) is 7.87. The number of likely N-dealkylation sites (tertiary alicyclic amines) is 1. The number of rotatable bonds is 2. The van der Waals surface area contributed by atoms with Crippen molar-refractivity contribution in [2.75, 3.05) is 13.1 Å². The van der Waals surface area contributed by atoms with Crippen LogP contribution in [0.5, 0.6) is 0 Å². The molecule has 4 heteroatoms. The molecule has 0 unspecified atom stereocenters. The fourth-order valence-electron chi connectivity index (χ4n) is 3.59. The Balaban J connectivity index is 1.49. The first-order valence-corrected chi connectivity index (χ1v) is 7.90. The van der Waals surface area contributed by atoms with E-state index in [1.165, 1.54) is 16.8 Å². The van der Waals surface area contributed by atoms with E-state index in [9.17, 15) is 0 Å². The van der Waals surface area contributed by atoms with Gasteiger partial charge in [0.25, 0.3) is 0 Å². The molecule has 2 aliphatic rings. The number of fused-ring (bicyclic) bond motifs is 2. The van der Waals surface area contributed by atoms with Gasteiger partial charge in [-0.2, -0.15) is 5.10 Å². The number of benzene rings is 1. The molecule has 4 rings (SSSR count). The highest BCUT2D eigenvalue weighted by atomic mass is 16.5. The van der Waals surface area contributed by atoms with Crippen LogP contribution in [0.25, 0.3) is 6.08 Å². The Morgan fingerprint density at radius 1 is 1.18 bits per heavy atom. The van der Waals surface area contributed by atoms with Crippen LogP contribution in [-0.4, -0.2) is 27.8 Å². The number of aryl methyl sites for hydroxylation is 1. The standard InChI is InChI=1S/C18H21N3O/c1-20-17-7-12-22-18(16(17)13-19-20)8-10-21(11-9-18)14-15-5-3-2-4-6-15/h2-7,12-13H,8-11,14H2,1H3. The molecule has 3 heterocycles. The molecule has 0 radical (unpaired) electrons. The van der Waals surface area contributed by atoms with Crippen LogP contribution in [0.1, 0.15) is 29.7 Å². The van der Waals surface area contributed by atoms with Crippen molar-refractivity contribution in [1.82, 2.24) is 14.7 Å². The first-order chi connectivity index (χ1) is 10.8. The summed E-state index contributed by atoms with van der Waals surface area (Å²) >= 11 is 0. The summed E-state index contributed by atoms with van der Waals surface area (Å²) in [4.78, 5) is 2.51. The second kappa shape index (κ2) is 5.29. The van der Waals surface area contributed by atoms with Crippen molar-refractivity contribution in [2.24, 2.45) is 7.05 Å². The molecule has 1 aromatic heterocycles. The first-order valence-electron chi connectivity index (χ1n) is 7.90. The average molecular weight is 295 g/mol. The van der Waals surface area contributed by atoms with Gasteiger partial charge in [-0.3, -0.25) is 9.58 Å². The summed E-state index contributed by atoms with van der Waals surface area (Å²) in [6, 6.07) is 10.7. The van der Waals surface area contributed by atoms with Crippen molar-refractivity contribution in [3.8, 4) is 0 Å². The molecule has 0 N–H and O–H groups in total. The molecule has 4 nitrogen and oxygen atoms in total. The average Bonchev–Trinajstić information content (AvgIpc) is 2.94. The minimum Gasteiger partial charge on any atom is -0.490 e. The van der Waals surface area contributed by atoms with Gasteiger partial charge in [0, 0.05) is 45.1 Å². The lowest BCUT2D eigenvalue weighted by molar-refractivity contribution is -0.0415. The largest absolute Gasteiger partial charge is 0.490 e. The summed E-state index contributed by atoms with van der Waals surface area (Å²) in [6.45, 7) is 3.13. The van der Waals surface area contributed by atoms with Crippen LogP contribution in [0.2, 0.25) is 0 Å². The summed E-state index contributed by atoms with van der Waals surface area (Å²) in [5.41, 5.74) is 3.63. The van der Waals surface area contributed by atoms with Gasteiger partial charge >= 0.3 is 0 Å². The van der Waals surface area contributed by atoms with Gasteiger partial charge in [0.15, 0.2) is 0 Å². The minimum atomic E-state index is -0.175. The lowest BCUT2D eigenvalue weighted by atomic mass is 9.83. The molecule has 2 aromatic rings. The van der Waals surface area contributed by atoms with Gasteiger partial charge in [-0.1, -0.05) is 30.3 Å². The van der Waals surface area contributed by atoms with Crippen molar-refractivity contribution < 1.29 is 4.74 Å². The predicted octanol–water partition coefficient (Wildman–Crippen LogP) is 2.91. The van der Waals surface area contributed by atoms with Gasteiger partial charge in [-0.25, -0.2) is 0 Å². The van der Waals surface area contributed by atoms with Gasteiger partial charge in [-0.05, 0) is 11.6 Å². The zero-order valence-electron chi connectivity index (χ0n) is 12.9. The van der Waals surface area contributed by atoms with Gasteiger partial charge in [0.05, 0.1) is 18.2 Å². The normalized spacial score (nSPS) is 19.9. The Labute approximate surface area is 131 Å². The molecular formula is C18H21N3O. The smallest absolute Gasteiger partial charge is 0.139 e. The van der Waals surface area contributed by atoms with E-state index in [-0.39, 0.29) is 5.60 Å². The molecule has 0 amide bonds. The van der Waals surface area contributed by atoms with Crippen LogP contribution in [0.3, 0.4) is 0 Å². The maximum absolute atomic E-state index is 6.08. The molecule has 1 spiro atoms. The highest BCUT2D eigenvalue weighted by molar-refractivity contribution is 5.53. The van der Waals surface area contributed by atoms with Crippen LogP contribution < -0.4 is 0 Å². The topological polar surface area (TPSA) is 30.3 Å². The van der Waals surface area contributed by atoms with E-state index in [1.54, 1.807) is 0 Å². The predicted molar refractivity (Wildman–Crippen MR) is 86.0 cm³/mol. The fourth-order valence-corrected chi connectivity index (χ4v) is 3.59.